The molecule has 2 amide bonds. The third kappa shape index (κ3) is 5.52. The van der Waals surface area contributed by atoms with Gasteiger partial charge in [-0.3, -0.25) is 19.1 Å². The number of benzene rings is 1. The average molecular weight is 408 g/mol. The second-order valence-corrected chi connectivity index (χ2v) is 6.98. The summed E-state index contributed by atoms with van der Waals surface area (Å²) >= 11 is 1.29. The van der Waals surface area contributed by atoms with Crippen molar-refractivity contribution in [1.82, 2.24) is 19.7 Å². The van der Waals surface area contributed by atoms with E-state index in [1.54, 1.807) is 42.7 Å². The fourth-order valence-electron chi connectivity index (χ4n) is 2.61. The maximum Gasteiger partial charge on any atom is 0.234 e. The second kappa shape index (κ2) is 9.65. The molecule has 0 fully saturated rings. The molecule has 0 spiro atoms. The summed E-state index contributed by atoms with van der Waals surface area (Å²) in [4.78, 5) is 27.5. The van der Waals surface area contributed by atoms with E-state index in [1.807, 2.05) is 16.7 Å². The lowest BCUT2D eigenvalue weighted by Crippen LogP contribution is -2.15. The molecule has 0 saturated heterocycles. The summed E-state index contributed by atoms with van der Waals surface area (Å²) < 4.78 is 1.90. The van der Waals surface area contributed by atoms with Crippen molar-refractivity contribution in [3.63, 3.8) is 0 Å². The van der Waals surface area contributed by atoms with Crippen molar-refractivity contribution < 1.29 is 9.59 Å². The third-order valence-electron chi connectivity index (χ3n) is 3.77. The van der Waals surface area contributed by atoms with Crippen LogP contribution >= 0.6 is 11.8 Å². The zero-order valence-electron chi connectivity index (χ0n) is 15.8. The average Bonchev–Trinajstić information content (AvgIpc) is 3.10. The van der Waals surface area contributed by atoms with Crippen molar-refractivity contribution >= 4 is 35.0 Å². The van der Waals surface area contributed by atoms with Crippen molar-refractivity contribution in [3.8, 4) is 11.4 Å². The van der Waals surface area contributed by atoms with Crippen molar-refractivity contribution in [2.75, 3.05) is 16.4 Å². The SMILES string of the molecule is C=CCn1c(SCC(=O)Nc2cccc(NC(C)=O)c2)nnc1-c1ccncc1. The zero-order chi connectivity index (χ0) is 20.6. The highest BCUT2D eigenvalue weighted by Gasteiger charge is 2.15. The van der Waals surface area contributed by atoms with E-state index in [-0.39, 0.29) is 17.6 Å². The maximum atomic E-state index is 12.4. The number of pyridine rings is 1. The summed E-state index contributed by atoms with van der Waals surface area (Å²) in [6, 6.07) is 10.7. The van der Waals surface area contributed by atoms with Gasteiger partial charge >= 0.3 is 0 Å². The van der Waals surface area contributed by atoms with Crippen molar-refractivity contribution in [2.45, 2.75) is 18.6 Å². The molecule has 0 radical (unpaired) electrons. The first-order valence-corrected chi connectivity index (χ1v) is 9.80. The van der Waals surface area contributed by atoms with Crippen LogP contribution < -0.4 is 10.6 Å². The molecule has 0 aliphatic rings. The Labute approximate surface area is 172 Å². The number of anilines is 2. The number of amides is 2. The van der Waals surface area contributed by atoms with Crippen LogP contribution in [0.25, 0.3) is 11.4 Å². The summed E-state index contributed by atoms with van der Waals surface area (Å²) in [7, 11) is 0. The Morgan fingerprint density at radius 3 is 2.55 bits per heavy atom. The van der Waals surface area contributed by atoms with Crippen molar-refractivity contribution in [1.29, 1.82) is 0 Å². The van der Waals surface area contributed by atoms with E-state index < -0.39 is 0 Å². The van der Waals surface area contributed by atoms with Crippen LogP contribution in [0.4, 0.5) is 11.4 Å². The van der Waals surface area contributed by atoms with Gasteiger partial charge in [-0.15, -0.1) is 16.8 Å². The minimum atomic E-state index is -0.186. The minimum absolute atomic E-state index is 0.163. The highest BCUT2D eigenvalue weighted by molar-refractivity contribution is 7.99. The number of rotatable bonds is 8. The molecule has 0 bridgehead atoms. The molecule has 1 aromatic carbocycles. The van der Waals surface area contributed by atoms with Crippen LogP contribution in [0.3, 0.4) is 0 Å². The number of thioether (sulfide) groups is 1. The Bertz CT molecular complexity index is 1020. The van der Waals surface area contributed by atoms with E-state index in [9.17, 15) is 9.59 Å². The lowest BCUT2D eigenvalue weighted by atomic mass is 10.2. The van der Waals surface area contributed by atoms with Gasteiger partial charge in [0, 0.05) is 42.8 Å². The van der Waals surface area contributed by atoms with Crippen molar-refractivity contribution in [2.24, 2.45) is 0 Å². The van der Waals surface area contributed by atoms with Gasteiger partial charge in [-0.25, -0.2) is 0 Å². The van der Waals surface area contributed by atoms with Gasteiger partial charge in [0.05, 0.1) is 5.75 Å². The Morgan fingerprint density at radius 2 is 1.86 bits per heavy atom. The predicted molar refractivity (Wildman–Crippen MR) is 114 cm³/mol. The van der Waals surface area contributed by atoms with Crippen LogP contribution in [0.5, 0.6) is 0 Å². The molecular weight excluding hydrogens is 388 g/mol. The maximum absolute atomic E-state index is 12.4. The first kappa shape index (κ1) is 20.3. The van der Waals surface area contributed by atoms with Gasteiger partial charge in [0.15, 0.2) is 11.0 Å². The first-order valence-electron chi connectivity index (χ1n) is 8.81. The number of nitrogens with one attached hydrogen (secondary N) is 2. The second-order valence-electron chi connectivity index (χ2n) is 6.04. The fraction of sp³-hybridized carbons (Fsp3) is 0.150. The minimum Gasteiger partial charge on any atom is -0.326 e. The molecule has 3 aromatic rings. The van der Waals surface area contributed by atoms with E-state index in [0.29, 0.717) is 28.9 Å². The number of nitrogens with zero attached hydrogens (tertiary/aromatic N) is 4. The molecule has 0 aliphatic carbocycles. The van der Waals surface area contributed by atoms with Crippen LogP contribution in [0.15, 0.2) is 66.6 Å². The molecule has 0 unspecified atom stereocenters. The molecule has 3 rings (SSSR count). The van der Waals surface area contributed by atoms with E-state index >= 15 is 0 Å². The van der Waals surface area contributed by atoms with E-state index in [2.05, 4.69) is 32.4 Å². The van der Waals surface area contributed by atoms with Gasteiger partial charge in [-0.1, -0.05) is 23.9 Å². The molecule has 9 heteroatoms. The monoisotopic (exact) mass is 408 g/mol. The molecular formula is C20H20N6O2S. The fourth-order valence-corrected chi connectivity index (χ4v) is 3.36. The molecule has 148 valence electrons. The number of allylic oxidation sites excluding steroid dienone is 1. The Hall–Kier alpha value is -3.46. The third-order valence-corrected chi connectivity index (χ3v) is 4.73. The van der Waals surface area contributed by atoms with Crippen LogP contribution in [-0.4, -0.2) is 37.3 Å². The number of hydrogen-bond donors (Lipinski definition) is 2. The highest BCUT2D eigenvalue weighted by atomic mass is 32.2. The lowest BCUT2D eigenvalue weighted by molar-refractivity contribution is -0.114. The number of hydrogen-bond acceptors (Lipinski definition) is 6. The summed E-state index contributed by atoms with van der Waals surface area (Å²) in [5.74, 6) is 0.498. The molecule has 2 N–H and O–H groups in total. The van der Waals surface area contributed by atoms with Gasteiger partial charge in [0.2, 0.25) is 11.8 Å². The van der Waals surface area contributed by atoms with Gasteiger partial charge in [0.1, 0.15) is 0 Å². The topological polar surface area (TPSA) is 102 Å². The number of carbonyl (C=O) groups excluding carboxylic acids is 2. The van der Waals surface area contributed by atoms with Crippen LogP contribution in [0.2, 0.25) is 0 Å². The van der Waals surface area contributed by atoms with Gasteiger partial charge in [-0.2, -0.15) is 0 Å². The summed E-state index contributed by atoms with van der Waals surface area (Å²) in [5.41, 5.74) is 2.11. The van der Waals surface area contributed by atoms with Crippen molar-refractivity contribution in [3.05, 3.63) is 61.4 Å². The van der Waals surface area contributed by atoms with Gasteiger partial charge in [0.25, 0.3) is 0 Å². The van der Waals surface area contributed by atoms with Crippen LogP contribution in [0.1, 0.15) is 6.92 Å². The number of carbonyl (C=O) groups is 2. The quantitative estimate of drug-likeness (QED) is 0.438. The molecule has 29 heavy (non-hydrogen) atoms. The predicted octanol–water partition coefficient (Wildman–Crippen LogP) is 3.22. The zero-order valence-corrected chi connectivity index (χ0v) is 16.6. The van der Waals surface area contributed by atoms with E-state index in [1.165, 1.54) is 18.7 Å². The van der Waals surface area contributed by atoms with E-state index in [4.69, 9.17) is 0 Å². The van der Waals surface area contributed by atoms with Crippen LogP contribution in [0, 0.1) is 0 Å². The molecule has 2 heterocycles. The van der Waals surface area contributed by atoms with Gasteiger partial charge < -0.3 is 10.6 Å². The standard InChI is InChI=1S/C20H20N6O2S/c1-3-11-26-19(15-7-9-21-10-8-15)24-25-20(26)29-13-18(28)23-17-6-4-5-16(12-17)22-14(2)27/h3-10,12H,1,11,13H2,2H3,(H,22,27)(H,23,28). The van der Waals surface area contributed by atoms with Crippen LogP contribution in [-0.2, 0) is 16.1 Å². The Balaban J connectivity index is 1.67. The summed E-state index contributed by atoms with van der Waals surface area (Å²) in [6.07, 6.45) is 5.14. The molecule has 0 aliphatic heterocycles. The summed E-state index contributed by atoms with van der Waals surface area (Å²) in [5, 5.41) is 14.6. The normalized spacial score (nSPS) is 10.4. The first-order chi connectivity index (χ1) is 14.1. The molecule has 8 nitrogen and oxygen atoms in total. The van der Waals surface area contributed by atoms with Gasteiger partial charge in [-0.05, 0) is 30.3 Å². The smallest absolute Gasteiger partial charge is 0.234 e. The molecule has 2 aromatic heterocycles. The summed E-state index contributed by atoms with van der Waals surface area (Å²) in [6.45, 7) is 5.74. The molecule has 0 atom stereocenters. The lowest BCUT2D eigenvalue weighted by Gasteiger charge is -2.09. The van der Waals surface area contributed by atoms with E-state index in [0.717, 1.165) is 5.56 Å². The largest absolute Gasteiger partial charge is 0.326 e. The highest BCUT2D eigenvalue weighted by Crippen LogP contribution is 2.24. The molecule has 0 saturated carbocycles. The Morgan fingerprint density at radius 1 is 1.14 bits per heavy atom. The number of aromatic nitrogens is 4. The Kier molecular flexibility index (Phi) is 6.75.